The standard InChI is InChI=1S/C40H54N2O14S3.2Na/c1-39(2,3)33-27-30(56-36-26-29(13-15-32(33)36)41(18-8-24-57(45,46)47)20-21-55-23-22-54-5)10-6-11-37-40(4,17-7-12-38(43)44)34-28-31(59(51,52)53)14-16-35(34)42(37)19-9-25-58(48,49)50;;/h6,10-11,13-16,26-28H,7-9,12,17-25H2,1-5H3,(H3-,43,44,45,46,47,48,49,50,51,52,53);;/q;2*+1/p-2. The second-order valence-electron chi connectivity index (χ2n) is 15.6. The van der Waals surface area contributed by atoms with Gasteiger partial charge in [-0.25, -0.2) is 29.8 Å². The Morgan fingerprint density at radius 1 is 0.902 bits per heavy atom. The molecule has 1 aromatic carbocycles. The molecular weight excluding hydrogens is 875 g/mol. The van der Waals surface area contributed by atoms with Gasteiger partial charge in [-0.2, -0.15) is 0 Å². The topological polar surface area (TPSA) is 247 Å². The van der Waals surface area contributed by atoms with Crippen molar-refractivity contribution in [2.45, 2.75) is 75.5 Å². The van der Waals surface area contributed by atoms with Crippen molar-refractivity contribution < 1.29 is 122 Å². The van der Waals surface area contributed by atoms with Gasteiger partial charge in [0.15, 0.2) is 6.54 Å². The maximum absolute atomic E-state index is 12.1. The number of rotatable bonds is 21. The predicted octanol–water partition coefficient (Wildman–Crippen LogP) is -2.17. The van der Waals surface area contributed by atoms with Crippen molar-refractivity contribution in [2.24, 2.45) is 0 Å². The Labute approximate surface area is 403 Å². The number of carboxylic acid groups (broad SMARTS) is 1. The van der Waals surface area contributed by atoms with Crippen molar-refractivity contribution in [3.63, 3.8) is 0 Å². The van der Waals surface area contributed by atoms with Crippen LogP contribution in [0.5, 0.6) is 0 Å². The van der Waals surface area contributed by atoms with E-state index < -0.39 is 58.1 Å². The zero-order valence-electron chi connectivity index (χ0n) is 35.8. The second kappa shape index (κ2) is 23.3. The molecule has 1 atom stereocenters. The van der Waals surface area contributed by atoms with Gasteiger partial charge in [0.1, 0.15) is 34.8 Å². The third-order valence-electron chi connectivity index (χ3n) is 10.1. The number of methoxy groups -OCH3 is 1. The summed E-state index contributed by atoms with van der Waals surface area (Å²) in [7, 11) is -12.3. The molecule has 16 nitrogen and oxygen atoms in total. The molecule has 0 aromatic heterocycles. The normalized spacial score (nSPS) is 17.0. The van der Waals surface area contributed by atoms with Crippen LogP contribution in [-0.4, -0.2) is 108 Å². The van der Waals surface area contributed by atoms with E-state index in [9.17, 15) is 48.8 Å². The summed E-state index contributed by atoms with van der Waals surface area (Å²) in [6.07, 6.45) is 5.39. The minimum Gasteiger partial charge on any atom is -0.748 e. The summed E-state index contributed by atoms with van der Waals surface area (Å²) >= 11 is 0. The first-order valence-corrected chi connectivity index (χ1v) is 23.6. The molecule has 2 aliphatic heterocycles. The van der Waals surface area contributed by atoms with E-state index in [1.54, 1.807) is 37.2 Å². The minimum atomic E-state index is -4.87. The van der Waals surface area contributed by atoms with Gasteiger partial charge in [-0.05, 0) is 85.2 Å². The first kappa shape index (κ1) is 55.2. The van der Waals surface area contributed by atoms with Gasteiger partial charge >= 0.3 is 65.1 Å². The number of ether oxygens (including phenoxy) is 2. The van der Waals surface area contributed by atoms with E-state index in [0.29, 0.717) is 60.2 Å². The van der Waals surface area contributed by atoms with Gasteiger partial charge in [0.05, 0.1) is 44.4 Å². The number of anilines is 1. The molecule has 1 aliphatic carbocycles. The predicted molar refractivity (Wildman–Crippen MR) is 218 cm³/mol. The van der Waals surface area contributed by atoms with Crippen molar-refractivity contribution in [3.8, 4) is 11.3 Å². The molecule has 0 bridgehead atoms. The fourth-order valence-electron chi connectivity index (χ4n) is 7.23. The molecule has 1 aromatic rings. The van der Waals surface area contributed by atoms with Gasteiger partial charge in [-0.3, -0.25) is 4.79 Å². The number of hydrogen-bond acceptors (Lipinski definition) is 14. The number of aliphatic carboxylic acids is 1. The molecule has 0 saturated carbocycles. The van der Waals surface area contributed by atoms with Crippen molar-refractivity contribution in [3.05, 3.63) is 82.6 Å². The number of nitrogens with zero attached hydrogens (tertiary/aromatic N) is 2. The second-order valence-corrected chi connectivity index (χ2v) is 20.0. The van der Waals surface area contributed by atoms with Crippen LogP contribution in [0.3, 0.4) is 0 Å². The van der Waals surface area contributed by atoms with Crippen LogP contribution in [0.15, 0.2) is 69.6 Å². The summed E-state index contributed by atoms with van der Waals surface area (Å²) in [6.45, 7) is 9.70. The molecule has 3 aliphatic rings. The fraction of sp³-hybridized carbons (Fsp3) is 0.500. The smallest absolute Gasteiger partial charge is 0.748 e. The Hall–Kier alpha value is -1.95. The van der Waals surface area contributed by atoms with E-state index in [2.05, 4.69) is 0 Å². The molecule has 0 saturated heterocycles. The van der Waals surface area contributed by atoms with Crippen LogP contribution in [-0.2, 0) is 55.5 Å². The molecule has 0 fully saturated rings. The third kappa shape index (κ3) is 16.2. The Kier molecular flexibility index (Phi) is 21.1. The molecule has 21 heteroatoms. The average Bonchev–Trinajstić information content (AvgIpc) is 3.34. The van der Waals surface area contributed by atoms with Gasteiger partial charge in [-0.1, -0.05) is 26.8 Å². The molecular formula is C40H52N2Na2O14S3. The number of fused-ring (bicyclic) bond motifs is 2. The summed E-state index contributed by atoms with van der Waals surface area (Å²) in [5, 5.41) is 10.1. The Bertz CT molecular complexity index is 2430. The van der Waals surface area contributed by atoms with Crippen molar-refractivity contribution in [1.82, 2.24) is 4.58 Å². The molecule has 0 spiro atoms. The number of allylic oxidation sites excluding steroid dienone is 3. The SMILES string of the molecule is COCCOCC[N+](CCCS(=O)(=O)[O-])=c1ccc2c(C(C)(C)C)cc(/C=C/C=C3/N(CCCS(=O)(=O)[O-])c4ccc(S(=O)(=O)[O-])cc4C3(C)CCCC(=O)O)oc-2c1.[Na+].[Na+]. The number of benzene rings is 2. The molecule has 61 heavy (non-hydrogen) atoms. The minimum absolute atomic E-state index is 0. The number of carboxylic acids is 1. The fourth-order valence-corrected chi connectivity index (χ4v) is 8.70. The molecule has 0 radical (unpaired) electrons. The van der Waals surface area contributed by atoms with E-state index in [1.165, 1.54) is 12.1 Å². The van der Waals surface area contributed by atoms with Crippen molar-refractivity contribution >= 4 is 48.1 Å². The van der Waals surface area contributed by atoms with Gasteiger partial charge in [-0.15, -0.1) is 0 Å². The first-order valence-electron chi connectivity index (χ1n) is 19.0. The van der Waals surface area contributed by atoms with Crippen LogP contribution < -0.4 is 73.9 Å². The van der Waals surface area contributed by atoms with Crippen LogP contribution in [0.4, 0.5) is 5.69 Å². The molecule has 1 unspecified atom stereocenters. The summed E-state index contributed by atoms with van der Waals surface area (Å²) in [5.41, 5.74) is 1.85. The van der Waals surface area contributed by atoms with Gasteiger partial charge in [0.25, 0.3) is 0 Å². The van der Waals surface area contributed by atoms with Crippen LogP contribution in [0.25, 0.3) is 17.4 Å². The molecule has 4 rings (SSSR count). The van der Waals surface area contributed by atoms with E-state index in [0.717, 1.165) is 17.2 Å². The molecule has 0 amide bonds. The maximum Gasteiger partial charge on any atom is 1.00 e. The van der Waals surface area contributed by atoms with Crippen LogP contribution >= 0.6 is 0 Å². The Balaban J connectivity index is 0.00000641. The van der Waals surface area contributed by atoms with E-state index in [-0.39, 0.29) is 110 Å². The molecule has 2 heterocycles. The zero-order valence-corrected chi connectivity index (χ0v) is 42.3. The van der Waals surface area contributed by atoms with E-state index in [1.807, 2.05) is 49.6 Å². The van der Waals surface area contributed by atoms with Gasteiger partial charge in [0, 0.05) is 66.4 Å². The maximum atomic E-state index is 12.1. The van der Waals surface area contributed by atoms with Gasteiger partial charge < -0.3 is 37.6 Å². The largest absolute Gasteiger partial charge is 1.00 e. The number of carbonyl (C=O) groups is 1. The quantitative estimate of drug-likeness (QED) is 0.0517. The zero-order chi connectivity index (χ0) is 43.8. The van der Waals surface area contributed by atoms with Gasteiger partial charge in [0.2, 0.25) is 5.36 Å². The van der Waals surface area contributed by atoms with Crippen molar-refractivity contribution in [1.29, 1.82) is 0 Å². The van der Waals surface area contributed by atoms with E-state index >= 15 is 0 Å². The number of hydrogen-bond donors (Lipinski definition) is 1. The Morgan fingerprint density at radius 3 is 2.18 bits per heavy atom. The van der Waals surface area contributed by atoms with Crippen LogP contribution in [0.1, 0.15) is 76.7 Å². The van der Waals surface area contributed by atoms with E-state index in [4.69, 9.17) is 13.9 Å². The van der Waals surface area contributed by atoms with Crippen LogP contribution in [0, 0.1) is 0 Å². The summed E-state index contributed by atoms with van der Waals surface area (Å²) in [5.74, 6) is -1.26. The average molecular weight is 927 g/mol. The summed E-state index contributed by atoms with van der Waals surface area (Å²) in [6, 6.07) is 11.4. The molecule has 1 N–H and O–H groups in total. The van der Waals surface area contributed by atoms with Crippen LogP contribution in [0.2, 0.25) is 0 Å². The summed E-state index contributed by atoms with van der Waals surface area (Å²) < 4.78 is 124. The Morgan fingerprint density at radius 2 is 1.57 bits per heavy atom. The first-order chi connectivity index (χ1) is 27.4. The van der Waals surface area contributed by atoms with Crippen molar-refractivity contribution in [2.75, 3.05) is 63.0 Å². The third-order valence-corrected chi connectivity index (χ3v) is 12.5. The molecule has 326 valence electrons. The summed E-state index contributed by atoms with van der Waals surface area (Å²) in [4.78, 5) is 12.8. The monoisotopic (exact) mass is 926 g/mol.